The Bertz CT molecular complexity index is 857. The van der Waals surface area contributed by atoms with Crippen molar-refractivity contribution in [2.45, 2.75) is 38.0 Å². The molecule has 28 heavy (non-hydrogen) atoms. The number of nitrogens with zero attached hydrogens (tertiary/aromatic N) is 1. The van der Waals surface area contributed by atoms with Gasteiger partial charge in [0, 0.05) is 12.1 Å². The minimum Gasteiger partial charge on any atom is -0.447 e. The normalized spacial score (nSPS) is 26.9. The Balaban J connectivity index is 1.42. The largest absolute Gasteiger partial charge is 0.447 e. The van der Waals surface area contributed by atoms with Crippen LogP contribution in [0.2, 0.25) is 0 Å². The number of amides is 1. The molecule has 2 aromatic rings. The monoisotopic (exact) mass is 410 g/mol. The first-order chi connectivity index (χ1) is 13.3. The van der Waals surface area contributed by atoms with E-state index in [1.807, 2.05) is 0 Å². The van der Waals surface area contributed by atoms with Crippen LogP contribution in [0.3, 0.4) is 0 Å². The number of piperidine rings is 3. The average Bonchev–Trinajstić information content (AvgIpc) is 3.13. The first-order valence-corrected chi connectivity index (χ1v) is 10.1. The highest BCUT2D eigenvalue weighted by Gasteiger charge is 2.40. The number of benzene rings is 1. The molecule has 3 aliphatic heterocycles. The molecular formula is C20H21F3N2O2S. The van der Waals surface area contributed by atoms with Crippen LogP contribution in [0.5, 0.6) is 10.8 Å². The minimum absolute atomic E-state index is 0.0923. The number of hydrogen-bond donors (Lipinski definition) is 1. The van der Waals surface area contributed by atoms with Gasteiger partial charge in [0.05, 0.1) is 10.4 Å². The van der Waals surface area contributed by atoms with E-state index < -0.39 is 11.7 Å². The van der Waals surface area contributed by atoms with Crippen LogP contribution in [0.15, 0.2) is 36.4 Å². The molecule has 1 aromatic carbocycles. The van der Waals surface area contributed by atoms with E-state index in [0.29, 0.717) is 21.9 Å². The summed E-state index contributed by atoms with van der Waals surface area (Å²) in [4.78, 5) is 15.6. The molecule has 2 bridgehead atoms. The molecule has 1 amide bonds. The van der Waals surface area contributed by atoms with Gasteiger partial charge in [0.1, 0.15) is 5.75 Å². The first kappa shape index (κ1) is 19.3. The maximum atomic E-state index is 12.8. The van der Waals surface area contributed by atoms with Crippen LogP contribution in [0.4, 0.5) is 13.2 Å². The summed E-state index contributed by atoms with van der Waals surface area (Å²) in [5.74, 6) is 0.439. The van der Waals surface area contributed by atoms with Gasteiger partial charge in [-0.3, -0.25) is 9.69 Å². The first-order valence-electron chi connectivity index (χ1n) is 9.31. The molecular weight excluding hydrogens is 389 g/mol. The zero-order valence-corrected chi connectivity index (χ0v) is 16.1. The lowest BCUT2D eigenvalue weighted by Gasteiger charge is -2.49. The lowest BCUT2D eigenvalue weighted by molar-refractivity contribution is -0.137. The molecule has 8 heteroatoms. The van der Waals surface area contributed by atoms with E-state index in [-0.39, 0.29) is 17.7 Å². The average molecular weight is 410 g/mol. The highest BCUT2D eigenvalue weighted by Crippen LogP contribution is 2.35. The molecule has 3 saturated heterocycles. The molecule has 1 aromatic heterocycles. The van der Waals surface area contributed by atoms with Crippen molar-refractivity contribution in [2.24, 2.45) is 5.92 Å². The van der Waals surface area contributed by atoms with Gasteiger partial charge in [0.25, 0.3) is 5.91 Å². The third kappa shape index (κ3) is 3.89. The minimum atomic E-state index is -4.42. The number of halogens is 3. The fourth-order valence-electron chi connectivity index (χ4n) is 4.12. The van der Waals surface area contributed by atoms with Crippen molar-refractivity contribution >= 4 is 17.2 Å². The van der Waals surface area contributed by atoms with E-state index >= 15 is 0 Å². The highest BCUT2D eigenvalue weighted by molar-refractivity contribution is 7.15. The summed E-state index contributed by atoms with van der Waals surface area (Å²) in [5.41, 5.74) is -0.768. The number of carbonyl (C=O) groups excluding carboxylic acids is 1. The Hall–Kier alpha value is -2.06. The molecule has 0 radical (unpaired) electrons. The van der Waals surface area contributed by atoms with Gasteiger partial charge in [-0.2, -0.15) is 13.2 Å². The summed E-state index contributed by atoms with van der Waals surface area (Å²) in [5, 5.41) is 3.53. The second-order valence-electron chi connectivity index (χ2n) is 7.36. The summed E-state index contributed by atoms with van der Waals surface area (Å²) in [6, 6.07) is 8.41. The molecule has 0 saturated carbocycles. The number of alkyl halides is 3. The van der Waals surface area contributed by atoms with E-state index in [0.717, 1.165) is 49.4 Å². The summed E-state index contributed by atoms with van der Waals surface area (Å²) >= 11 is 1.13. The van der Waals surface area contributed by atoms with Crippen molar-refractivity contribution in [1.29, 1.82) is 0 Å². The van der Waals surface area contributed by atoms with Crippen LogP contribution in [0.1, 0.15) is 35.0 Å². The topological polar surface area (TPSA) is 41.6 Å². The summed E-state index contributed by atoms with van der Waals surface area (Å²) < 4.78 is 44.0. The Morgan fingerprint density at radius 1 is 1.21 bits per heavy atom. The SMILES string of the molecule is C[C@H]1[C@H](NC(=O)c2ccc(Oc3cccc(C(F)(F)F)c3)s2)C2CCN1CC2. The van der Waals surface area contributed by atoms with Crippen LogP contribution >= 0.6 is 11.3 Å². The Morgan fingerprint density at radius 2 is 1.96 bits per heavy atom. The molecule has 3 aliphatic rings. The highest BCUT2D eigenvalue weighted by atomic mass is 32.1. The van der Waals surface area contributed by atoms with Gasteiger partial charge in [0.15, 0.2) is 5.06 Å². The van der Waals surface area contributed by atoms with Gasteiger partial charge < -0.3 is 10.1 Å². The van der Waals surface area contributed by atoms with Gasteiger partial charge >= 0.3 is 6.18 Å². The molecule has 5 rings (SSSR count). The Labute approximate surface area is 165 Å². The lowest BCUT2D eigenvalue weighted by atomic mass is 9.79. The van der Waals surface area contributed by atoms with Crippen LogP contribution in [0.25, 0.3) is 0 Å². The third-order valence-corrected chi connectivity index (χ3v) is 6.62. The Kier molecular flexibility index (Phi) is 5.09. The van der Waals surface area contributed by atoms with Crippen molar-refractivity contribution in [3.8, 4) is 10.8 Å². The second kappa shape index (κ2) is 7.40. The molecule has 2 atom stereocenters. The van der Waals surface area contributed by atoms with E-state index in [2.05, 4.69) is 17.1 Å². The molecule has 4 nitrogen and oxygen atoms in total. The van der Waals surface area contributed by atoms with Gasteiger partial charge in [-0.05, 0) is 69.1 Å². The number of nitrogens with one attached hydrogen (secondary N) is 1. The Morgan fingerprint density at radius 3 is 2.64 bits per heavy atom. The molecule has 150 valence electrons. The quantitative estimate of drug-likeness (QED) is 0.789. The van der Waals surface area contributed by atoms with E-state index in [4.69, 9.17) is 4.74 Å². The van der Waals surface area contributed by atoms with Crippen molar-refractivity contribution in [2.75, 3.05) is 13.1 Å². The lowest BCUT2D eigenvalue weighted by Crippen LogP contribution is -2.62. The number of ether oxygens (including phenoxy) is 1. The van der Waals surface area contributed by atoms with E-state index in [1.54, 1.807) is 12.1 Å². The standard InChI is InChI=1S/C20H21F3N2O2S/c1-12-18(13-7-9-25(12)10-8-13)24-19(26)16-5-6-17(28-16)27-15-4-2-3-14(11-15)20(21,22)23/h2-6,11-13,18H,7-10H2,1H3,(H,24,26)/t12-,18-/m0/s1. The molecule has 0 unspecified atom stereocenters. The maximum Gasteiger partial charge on any atom is 0.416 e. The maximum absolute atomic E-state index is 12.8. The fraction of sp³-hybridized carbons (Fsp3) is 0.450. The van der Waals surface area contributed by atoms with Crippen LogP contribution in [0, 0.1) is 5.92 Å². The zero-order valence-electron chi connectivity index (χ0n) is 15.3. The smallest absolute Gasteiger partial charge is 0.416 e. The summed E-state index contributed by atoms with van der Waals surface area (Å²) in [6.07, 6.45) is -2.22. The van der Waals surface area contributed by atoms with Crippen molar-refractivity contribution < 1.29 is 22.7 Å². The molecule has 0 aliphatic carbocycles. The molecule has 4 heterocycles. The molecule has 0 spiro atoms. The van der Waals surface area contributed by atoms with Crippen molar-refractivity contribution in [3.63, 3.8) is 0 Å². The van der Waals surface area contributed by atoms with Crippen molar-refractivity contribution in [1.82, 2.24) is 10.2 Å². The third-order valence-electron chi connectivity index (χ3n) is 5.66. The van der Waals surface area contributed by atoms with Gasteiger partial charge in [0.2, 0.25) is 0 Å². The number of fused-ring (bicyclic) bond motifs is 3. The number of hydrogen-bond acceptors (Lipinski definition) is 4. The van der Waals surface area contributed by atoms with Gasteiger partial charge in [-0.25, -0.2) is 0 Å². The second-order valence-corrected chi connectivity index (χ2v) is 8.41. The van der Waals surface area contributed by atoms with Crippen LogP contribution in [-0.2, 0) is 6.18 Å². The summed E-state index contributed by atoms with van der Waals surface area (Å²) in [7, 11) is 0. The fourth-order valence-corrected chi connectivity index (χ4v) is 4.90. The van der Waals surface area contributed by atoms with Crippen molar-refractivity contribution in [3.05, 3.63) is 46.8 Å². The zero-order chi connectivity index (χ0) is 19.9. The molecule has 3 fully saturated rings. The van der Waals surface area contributed by atoms with E-state index in [1.165, 1.54) is 12.1 Å². The van der Waals surface area contributed by atoms with Gasteiger partial charge in [-0.1, -0.05) is 17.4 Å². The van der Waals surface area contributed by atoms with Crippen LogP contribution in [-0.4, -0.2) is 36.0 Å². The predicted octanol–water partition coefficient (Wildman–Crippen LogP) is 4.77. The number of rotatable bonds is 4. The van der Waals surface area contributed by atoms with Gasteiger partial charge in [-0.15, -0.1) is 0 Å². The van der Waals surface area contributed by atoms with Crippen LogP contribution < -0.4 is 10.1 Å². The predicted molar refractivity (Wildman–Crippen MR) is 101 cm³/mol. The number of carbonyl (C=O) groups is 1. The van der Waals surface area contributed by atoms with E-state index in [9.17, 15) is 18.0 Å². The number of thiophene rings is 1. The molecule has 1 N–H and O–H groups in total. The summed E-state index contributed by atoms with van der Waals surface area (Å²) in [6.45, 7) is 4.32.